The number of carbonyl (C=O) groups excluding carboxylic acids is 1. The minimum atomic E-state index is -0.317. The van der Waals surface area contributed by atoms with Gasteiger partial charge in [0.2, 0.25) is 5.89 Å². The summed E-state index contributed by atoms with van der Waals surface area (Å²) in [5.41, 5.74) is 3.29. The van der Waals surface area contributed by atoms with Crippen LogP contribution < -0.4 is 15.4 Å². The summed E-state index contributed by atoms with van der Waals surface area (Å²) in [4.78, 5) is 16.9. The summed E-state index contributed by atoms with van der Waals surface area (Å²) in [6.07, 6.45) is 0. The van der Waals surface area contributed by atoms with Gasteiger partial charge in [-0.2, -0.15) is 0 Å². The van der Waals surface area contributed by atoms with Gasteiger partial charge >= 0.3 is 0 Å². The maximum absolute atomic E-state index is 12.4. The van der Waals surface area contributed by atoms with Crippen LogP contribution in [0.4, 0.5) is 5.69 Å². The first kappa shape index (κ1) is 20.1. The lowest BCUT2D eigenvalue weighted by Crippen LogP contribution is -2.34. The average Bonchev–Trinajstić information content (AvgIpc) is 3.18. The third-order valence-electron chi connectivity index (χ3n) is 4.30. The third-order valence-corrected chi connectivity index (χ3v) is 5.00. The van der Waals surface area contributed by atoms with E-state index in [4.69, 9.17) is 21.4 Å². The molecule has 8 heteroatoms. The molecule has 1 aromatic heterocycles. The quantitative estimate of drug-likeness (QED) is 0.380. The highest BCUT2D eigenvalue weighted by molar-refractivity contribution is 9.10. The number of amides is 1. The van der Waals surface area contributed by atoms with Crippen molar-refractivity contribution >= 4 is 56.0 Å². The van der Waals surface area contributed by atoms with Crippen molar-refractivity contribution in [3.05, 3.63) is 76.8 Å². The molecule has 1 amide bonds. The first-order valence-electron chi connectivity index (χ1n) is 8.95. The Balaban J connectivity index is 1.56. The fraction of sp³-hybridized carbons (Fsp3) is 0.0455. The number of nitrogens with zero attached hydrogens (tertiary/aromatic N) is 1. The molecule has 0 saturated heterocycles. The van der Waals surface area contributed by atoms with Crippen LogP contribution in [0.2, 0.25) is 0 Å². The number of rotatable bonds is 4. The Morgan fingerprint density at radius 2 is 1.93 bits per heavy atom. The highest BCUT2D eigenvalue weighted by Crippen LogP contribution is 2.31. The number of methoxy groups -OCH3 is 1. The van der Waals surface area contributed by atoms with Crippen LogP contribution in [0.3, 0.4) is 0 Å². The van der Waals surface area contributed by atoms with Crippen molar-refractivity contribution < 1.29 is 13.9 Å². The molecule has 3 aromatic carbocycles. The van der Waals surface area contributed by atoms with Crippen molar-refractivity contribution in [2.75, 3.05) is 12.4 Å². The predicted molar refractivity (Wildman–Crippen MR) is 124 cm³/mol. The van der Waals surface area contributed by atoms with Crippen LogP contribution in [0.1, 0.15) is 10.4 Å². The van der Waals surface area contributed by atoms with Crippen LogP contribution in [0.15, 0.2) is 75.6 Å². The van der Waals surface area contributed by atoms with Crippen molar-refractivity contribution in [3.63, 3.8) is 0 Å². The second-order valence-corrected chi connectivity index (χ2v) is 7.64. The number of fused-ring (bicyclic) bond motifs is 1. The monoisotopic (exact) mass is 481 g/mol. The van der Waals surface area contributed by atoms with Crippen molar-refractivity contribution in [2.24, 2.45) is 0 Å². The Kier molecular flexibility index (Phi) is 5.78. The molecule has 0 atom stereocenters. The second kappa shape index (κ2) is 8.64. The zero-order chi connectivity index (χ0) is 21.1. The van der Waals surface area contributed by atoms with E-state index >= 15 is 0 Å². The zero-order valence-corrected chi connectivity index (χ0v) is 18.2. The summed E-state index contributed by atoms with van der Waals surface area (Å²) in [5.74, 6) is 0.725. The van der Waals surface area contributed by atoms with Gasteiger partial charge in [0.1, 0.15) is 11.3 Å². The van der Waals surface area contributed by atoms with Crippen LogP contribution in [0.5, 0.6) is 5.75 Å². The van der Waals surface area contributed by atoms with Gasteiger partial charge in [-0.05, 0) is 60.7 Å². The minimum absolute atomic E-state index is 0.146. The molecular weight excluding hydrogens is 466 g/mol. The van der Waals surface area contributed by atoms with Gasteiger partial charge < -0.3 is 14.5 Å². The summed E-state index contributed by atoms with van der Waals surface area (Å²) < 4.78 is 12.1. The van der Waals surface area contributed by atoms with E-state index in [2.05, 4.69) is 31.5 Å². The SMILES string of the molecule is COc1ccc(-c2nc3ccccc3o2)cc1NC(=S)NC(=O)c1cccc(Br)c1. The standard InChI is InChI=1S/C22H16BrN3O3S/c1-28-18-10-9-14(21-24-16-7-2-3-8-19(16)29-21)12-17(18)25-22(30)26-20(27)13-5-4-6-15(23)11-13/h2-12H,1H3,(H2,25,26,27,30). The number of para-hydroxylation sites is 2. The number of oxazole rings is 1. The highest BCUT2D eigenvalue weighted by atomic mass is 79.9. The van der Waals surface area contributed by atoms with Gasteiger partial charge in [0, 0.05) is 15.6 Å². The topological polar surface area (TPSA) is 76.4 Å². The van der Waals surface area contributed by atoms with Crippen LogP contribution in [0, 0.1) is 0 Å². The lowest BCUT2D eigenvalue weighted by Gasteiger charge is -2.13. The minimum Gasteiger partial charge on any atom is -0.495 e. The predicted octanol–water partition coefficient (Wildman–Crippen LogP) is 5.39. The normalized spacial score (nSPS) is 10.6. The third kappa shape index (κ3) is 4.34. The van der Waals surface area contributed by atoms with E-state index in [1.807, 2.05) is 36.4 Å². The fourth-order valence-electron chi connectivity index (χ4n) is 2.89. The largest absolute Gasteiger partial charge is 0.495 e. The molecule has 0 spiro atoms. The van der Waals surface area contributed by atoms with Crippen LogP contribution in [-0.2, 0) is 0 Å². The number of hydrogen-bond donors (Lipinski definition) is 2. The Hall–Kier alpha value is -3.23. The lowest BCUT2D eigenvalue weighted by molar-refractivity contribution is 0.0977. The molecule has 0 unspecified atom stereocenters. The molecule has 1 heterocycles. The van der Waals surface area contributed by atoms with Gasteiger partial charge in [-0.15, -0.1) is 0 Å². The molecule has 0 aliphatic heterocycles. The summed E-state index contributed by atoms with van der Waals surface area (Å²) in [7, 11) is 1.56. The lowest BCUT2D eigenvalue weighted by atomic mass is 10.2. The molecule has 0 radical (unpaired) electrons. The van der Waals surface area contributed by atoms with Gasteiger partial charge in [-0.25, -0.2) is 4.98 Å². The molecule has 2 N–H and O–H groups in total. The Labute approximate surface area is 186 Å². The van der Waals surface area contributed by atoms with Crippen molar-refractivity contribution in [1.29, 1.82) is 0 Å². The van der Waals surface area contributed by atoms with Crippen molar-refractivity contribution in [2.45, 2.75) is 0 Å². The number of thiocarbonyl (C=S) groups is 1. The fourth-order valence-corrected chi connectivity index (χ4v) is 3.49. The second-order valence-electron chi connectivity index (χ2n) is 6.32. The average molecular weight is 482 g/mol. The number of anilines is 1. The smallest absolute Gasteiger partial charge is 0.257 e. The highest BCUT2D eigenvalue weighted by Gasteiger charge is 2.14. The Morgan fingerprint density at radius 3 is 2.70 bits per heavy atom. The van der Waals surface area contributed by atoms with Gasteiger partial charge in [-0.3, -0.25) is 10.1 Å². The maximum Gasteiger partial charge on any atom is 0.257 e. The van der Waals surface area contributed by atoms with Crippen LogP contribution in [0.25, 0.3) is 22.6 Å². The van der Waals surface area contributed by atoms with E-state index < -0.39 is 0 Å². The first-order valence-corrected chi connectivity index (χ1v) is 10.2. The van der Waals surface area contributed by atoms with Crippen LogP contribution >= 0.6 is 28.1 Å². The zero-order valence-electron chi connectivity index (χ0n) is 15.8. The molecular formula is C22H16BrN3O3S. The van der Waals surface area contributed by atoms with Gasteiger partial charge in [0.05, 0.1) is 12.8 Å². The molecule has 0 bridgehead atoms. The van der Waals surface area contributed by atoms with E-state index in [9.17, 15) is 4.79 Å². The van der Waals surface area contributed by atoms with Gasteiger partial charge in [0.25, 0.3) is 5.91 Å². The first-order chi connectivity index (χ1) is 14.5. The molecule has 6 nitrogen and oxygen atoms in total. The maximum atomic E-state index is 12.4. The molecule has 0 aliphatic rings. The van der Waals surface area contributed by atoms with Gasteiger partial charge in [-0.1, -0.05) is 34.1 Å². The molecule has 4 rings (SSSR count). The summed E-state index contributed by atoms with van der Waals surface area (Å²) in [6.45, 7) is 0. The molecule has 150 valence electrons. The number of ether oxygens (including phenoxy) is 1. The Bertz CT molecular complexity index is 1220. The Morgan fingerprint density at radius 1 is 1.10 bits per heavy atom. The van der Waals surface area contributed by atoms with E-state index in [1.54, 1.807) is 37.4 Å². The number of nitrogens with one attached hydrogen (secondary N) is 2. The number of carbonyl (C=O) groups is 1. The molecule has 0 aliphatic carbocycles. The summed E-state index contributed by atoms with van der Waals surface area (Å²) in [5, 5.41) is 5.83. The van der Waals surface area contributed by atoms with Crippen molar-refractivity contribution in [3.8, 4) is 17.2 Å². The molecule has 0 fully saturated rings. The number of benzene rings is 3. The van der Waals surface area contributed by atoms with E-state index in [-0.39, 0.29) is 11.0 Å². The van der Waals surface area contributed by atoms with Gasteiger partial charge in [0.15, 0.2) is 10.7 Å². The molecule has 30 heavy (non-hydrogen) atoms. The van der Waals surface area contributed by atoms with E-state index in [1.165, 1.54) is 0 Å². The number of halogens is 1. The molecule has 4 aromatic rings. The molecule has 0 saturated carbocycles. The van der Waals surface area contributed by atoms with E-state index in [0.717, 1.165) is 15.6 Å². The summed E-state index contributed by atoms with van der Waals surface area (Å²) in [6, 6.07) is 20.0. The van der Waals surface area contributed by atoms with E-state index in [0.29, 0.717) is 28.5 Å². The number of aromatic nitrogens is 1. The summed E-state index contributed by atoms with van der Waals surface area (Å²) >= 11 is 8.67. The number of hydrogen-bond acceptors (Lipinski definition) is 5. The van der Waals surface area contributed by atoms with Crippen molar-refractivity contribution in [1.82, 2.24) is 10.3 Å². The van der Waals surface area contributed by atoms with Crippen LogP contribution in [-0.4, -0.2) is 23.1 Å².